The maximum absolute atomic E-state index is 13.0. The van der Waals surface area contributed by atoms with Crippen molar-refractivity contribution in [2.45, 2.75) is 17.9 Å². The molecule has 7 nitrogen and oxygen atoms in total. The molecule has 0 radical (unpaired) electrons. The van der Waals surface area contributed by atoms with Gasteiger partial charge < -0.3 is 14.8 Å². The van der Waals surface area contributed by atoms with E-state index in [0.717, 1.165) is 0 Å². The van der Waals surface area contributed by atoms with Crippen LogP contribution in [-0.2, 0) is 14.8 Å². The lowest BCUT2D eigenvalue weighted by Gasteiger charge is -2.15. The molecule has 0 heterocycles. The zero-order valence-corrected chi connectivity index (χ0v) is 17.6. The third-order valence-electron chi connectivity index (χ3n) is 4.28. The minimum absolute atomic E-state index is 0.0204. The molecule has 0 aliphatic rings. The Morgan fingerprint density at radius 2 is 1.61 bits per heavy atom. The lowest BCUT2D eigenvalue weighted by Crippen LogP contribution is -2.30. The smallest absolute Gasteiger partial charge is 0.265 e. The number of benzene rings is 3. The zero-order valence-electron chi connectivity index (χ0n) is 16.8. The highest BCUT2D eigenvalue weighted by molar-refractivity contribution is 7.92. The van der Waals surface area contributed by atoms with Gasteiger partial charge in [0.05, 0.1) is 17.7 Å². The molecule has 0 unspecified atom stereocenters. The molecule has 31 heavy (non-hydrogen) atoms. The fraction of sp³-hybridized carbons (Fsp3) is 0.136. The van der Waals surface area contributed by atoms with Crippen LogP contribution < -0.4 is 19.5 Å². The molecule has 3 rings (SSSR count). The monoisotopic (exact) mass is 444 g/mol. The lowest BCUT2D eigenvalue weighted by atomic mass is 10.3. The molecule has 0 aromatic heterocycles. The molecule has 0 aliphatic heterocycles. The summed E-state index contributed by atoms with van der Waals surface area (Å²) in [5.74, 6) is -0.0928. The summed E-state index contributed by atoms with van der Waals surface area (Å²) < 4.78 is 51.3. The molecule has 9 heteroatoms. The Morgan fingerprint density at radius 1 is 0.968 bits per heavy atom. The Bertz CT molecular complexity index is 1150. The summed E-state index contributed by atoms with van der Waals surface area (Å²) in [6, 6.07) is 17.7. The molecular formula is C22H21FN2O5S. The second kappa shape index (κ2) is 9.48. The number of carbonyl (C=O) groups excluding carboxylic acids is 1. The van der Waals surface area contributed by atoms with Crippen LogP contribution in [0.25, 0.3) is 0 Å². The van der Waals surface area contributed by atoms with E-state index in [2.05, 4.69) is 10.0 Å². The fourth-order valence-corrected chi connectivity index (χ4v) is 3.74. The van der Waals surface area contributed by atoms with E-state index in [0.29, 0.717) is 22.9 Å². The van der Waals surface area contributed by atoms with Gasteiger partial charge in [-0.05, 0) is 67.6 Å². The van der Waals surface area contributed by atoms with Crippen LogP contribution >= 0.6 is 0 Å². The molecule has 3 aromatic rings. The third-order valence-corrected chi connectivity index (χ3v) is 5.66. The quantitative estimate of drug-likeness (QED) is 0.547. The van der Waals surface area contributed by atoms with Gasteiger partial charge in [0.1, 0.15) is 17.3 Å². The number of methoxy groups -OCH3 is 1. The molecule has 0 fully saturated rings. The van der Waals surface area contributed by atoms with Crippen molar-refractivity contribution in [3.8, 4) is 11.5 Å². The summed E-state index contributed by atoms with van der Waals surface area (Å²) in [5, 5.41) is 2.65. The predicted molar refractivity (Wildman–Crippen MR) is 115 cm³/mol. The van der Waals surface area contributed by atoms with Gasteiger partial charge in [-0.25, -0.2) is 12.8 Å². The van der Waals surface area contributed by atoms with E-state index < -0.39 is 27.9 Å². The molecule has 3 aromatic carbocycles. The van der Waals surface area contributed by atoms with E-state index in [-0.39, 0.29) is 4.90 Å². The number of anilines is 2. The summed E-state index contributed by atoms with van der Waals surface area (Å²) in [6.07, 6.45) is -0.846. The van der Waals surface area contributed by atoms with Gasteiger partial charge in [0.2, 0.25) is 0 Å². The Kier molecular flexibility index (Phi) is 6.76. The second-order valence-corrected chi connectivity index (χ2v) is 8.22. The van der Waals surface area contributed by atoms with Crippen LogP contribution in [0.3, 0.4) is 0 Å². The lowest BCUT2D eigenvalue weighted by molar-refractivity contribution is -0.122. The second-order valence-electron chi connectivity index (χ2n) is 6.53. The van der Waals surface area contributed by atoms with Gasteiger partial charge in [-0.2, -0.15) is 0 Å². The Hall–Kier alpha value is -3.59. The van der Waals surface area contributed by atoms with E-state index in [1.807, 2.05) is 0 Å². The van der Waals surface area contributed by atoms with E-state index >= 15 is 0 Å². The Balaban J connectivity index is 1.65. The van der Waals surface area contributed by atoms with Crippen LogP contribution in [-0.4, -0.2) is 27.5 Å². The normalized spacial score (nSPS) is 12.0. The number of hydrogen-bond donors (Lipinski definition) is 2. The van der Waals surface area contributed by atoms with Crippen molar-refractivity contribution in [1.29, 1.82) is 0 Å². The first-order chi connectivity index (χ1) is 14.8. The van der Waals surface area contributed by atoms with Crippen LogP contribution in [0.4, 0.5) is 15.8 Å². The van der Waals surface area contributed by atoms with Gasteiger partial charge in [-0.15, -0.1) is 0 Å². The van der Waals surface area contributed by atoms with Crippen LogP contribution in [0.1, 0.15) is 6.92 Å². The molecule has 1 amide bonds. The average molecular weight is 444 g/mol. The number of para-hydroxylation sites is 2. The summed E-state index contributed by atoms with van der Waals surface area (Å²) in [5.41, 5.74) is 0.713. The van der Waals surface area contributed by atoms with Crippen LogP contribution in [0, 0.1) is 5.82 Å². The van der Waals surface area contributed by atoms with Crippen molar-refractivity contribution in [2.75, 3.05) is 17.1 Å². The Labute approximate surface area is 179 Å². The van der Waals surface area contributed by atoms with E-state index in [1.165, 1.54) is 55.6 Å². The molecule has 162 valence electrons. The molecule has 0 spiro atoms. The van der Waals surface area contributed by atoms with Gasteiger partial charge >= 0.3 is 0 Å². The Morgan fingerprint density at radius 3 is 2.26 bits per heavy atom. The molecule has 0 saturated carbocycles. The number of halogens is 1. The molecule has 2 N–H and O–H groups in total. The van der Waals surface area contributed by atoms with Crippen LogP contribution in [0.2, 0.25) is 0 Å². The first kappa shape index (κ1) is 22.1. The number of sulfonamides is 1. The van der Waals surface area contributed by atoms with Crippen molar-refractivity contribution in [3.63, 3.8) is 0 Å². The summed E-state index contributed by atoms with van der Waals surface area (Å²) in [7, 11) is -2.40. The molecule has 0 bridgehead atoms. The fourth-order valence-electron chi connectivity index (χ4n) is 2.66. The predicted octanol–water partition coefficient (Wildman–Crippen LogP) is 4.04. The molecule has 0 saturated heterocycles. The van der Waals surface area contributed by atoms with Gasteiger partial charge in [0.15, 0.2) is 6.10 Å². The van der Waals surface area contributed by atoms with E-state index in [9.17, 15) is 17.6 Å². The van der Waals surface area contributed by atoms with Crippen LogP contribution in [0.15, 0.2) is 77.7 Å². The highest BCUT2D eigenvalue weighted by Crippen LogP contribution is 2.26. The third kappa shape index (κ3) is 5.73. The maximum Gasteiger partial charge on any atom is 0.265 e. The molecule has 0 aliphatic carbocycles. The maximum atomic E-state index is 13.0. The van der Waals surface area contributed by atoms with Gasteiger partial charge in [0, 0.05) is 5.69 Å². The molecular weight excluding hydrogens is 423 g/mol. The average Bonchev–Trinajstić information content (AvgIpc) is 2.76. The number of ether oxygens (including phenoxy) is 2. The summed E-state index contributed by atoms with van der Waals surface area (Å²) in [4.78, 5) is 12.3. The zero-order chi connectivity index (χ0) is 22.4. The standard InChI is InChI=1S/C22H21FN2O5S/c1-15(30-18-11-7-16(23)8-12-18)22(26)24-17-9-13-19(14-10-17)31(27,28)25-20-5-3-4-6-21(20)29-2/h3-15,25H,1-2H3,(H,24,26)/t15-/m0/s1. The minimum atomic E-state index is -3.85. The van der Waals surface area contributed by atoms with Crippen molar-refractivity contribution in [1.82, 2.24) is 0 Å². The van der Waals surface area contributed by atoms with Gasteiger partial charge in [-0.1, -0.05) is 12.1 Å². The first-order valence-corrected chi connectivity index (χ1v) is 10.8. The molecule has 1 atom stereocenters. The highest BCUT2D eigenvalue weighted by atomic mass is 32.2. The van der Waals surface area contributed by atoms with Crippen LogP contribution in [0.5, 0.6) is 11.5 Å². The van der Waals surface area contributed by atoms with Crippen molar-refractivity contribution < 1.29 is 27.1 Å². The number of hydrogen-bond acceptors (Lipinski definition) is 5. The van der Waals surface area contributed by atoms with E-state index in [1.54, 1.807) is 31.2 Å². The number of carbonyl (C=O) groups is 1. The van der Waals surface area contributed by atoms with Crippen molar-refractivity contribution >= 4 is 27.3 Å². The van der Waals surface area contributed by atoms with E-state index in [4.69, 9.17) is 9.47 Å². The number of rotatable bonds is 8. The van der Waals surface area contributed by atoms with Gasteiger partial charge in [-0.3, -0.25) is 9.52 Å². The highest BCUT2D eigenvalue weighted by Gasteiger charge is 2.18. The topological polar surface area (TPSA) is 93.7 Å². The summed E-state index contributed by atoms with van der Waals surface area (Å²) in [6.45, 7) is 1.55. The SMILES string of the molecule is COc1ccccc1NS(=O)(=O)c1ccc(NC(=O)[C@H](C)Oc2ccc(F)cc2)cc1. The number of nitrogens with one attached hydrogen (secondary N) is 2. The van der Waals surface area contributed by atoms with Crippen molar-refractivity contribution in [2.24, 2.45) is 0 Å². The van der Waals surface area contributed by atoms with Gasteiger partial charge in [0.25, 0.3) is 15.9 Å². The largest absolute Gasteiger partial charge is 0.495 e. The summed E-state index contributed by atoms with van der Waals surface area (Å²) >= 11 is 0. The minimum Gasteiger partial charge on any atom is -0.495 e. The number of amides is 1. The first-order valence-electron chi connectivity index (χ1n) is 9.27. The van der Waals surface area contributed by atoms with Crippen molar-refractivity contribution in [3.05, 3.63) is 78.6 Å².